The van der Waals surface area contributed by atoms with E-state index in [0.29, 0.717) is 5.11 Å². The second kappa shape index (κ2) is 9.43. The van der Waals surface area contributed by atoms with E-state index in [2.05, 4.69) is 39.7 Å². The van der Waals surface area contributed by atoms with E-state index in [9.17, 15) is 0 Å². The number of rotatable bonds is 8. The maximum Gasteiger partial charge on any atom is 0.170 e. The monoisotopic (exact) mass is 366 g/mol. The molecule has 2 heterocycles. The van der Waals surface area contributed by atoms with E-state index < -0.39 is 0 Å². The van der Waals surface area contributed by atoms with Crippen LogP contribution in [0.4, 0.5) is 5.69 Å². The van der Waals surface area contributed by atoms with Crippen LogP contribution in [0.5, 0.6) is 0 Å². The summed E-state index contributed by atoms with van der Waals surface area (Å²) in [5.74, 6) is 0. The molecule has 0 aliphatic heterocycles. The van der Waals surface area contributed by atoms with Crippen LogP contribution in [0, 0.1) is 0 Å². The van der Waals surface area contributed by atoms with Crippen molar-refractivity contribution in [2.75, 3.05) is 11.9 Å². The number of fused-ring (bicyclic) bond motifs is 3. The highest BCUT2D eigenvalue weighted by atomic mass is 32.1. The lowest BCUT2D eigenvalue weighted by molar-refractivity contribution is 0.603. The minimum absolute atomic E-state index is 0.640. The Morgan fingerprint density at radius 1 is 0.962 bits per heavy atom. The quantitative estimate of drug-likeness (QED) is 0.316. The molecule has 0 spiro atoms. The van der Waals surface area contributed by atoms with Gasteiger partial charge in [0, 0.05) is 29.7 Å². The summed E-state index contributed by atoms with van der Waals surface area (Å²) < 4.78 is 0. The van der Waals surface area contributed by atoms with Gasteiger partial charge in [-0.15, -0.1) is 0 Å². The first-order valence-electron chi connectivity index (χ1n) is 9.47. The molecule has 3 rings (SSSR count). The third-order valence-electron chi connectivity index (χ3n) is 4.54. The van der Waals surface area contributed by atoms with Crippen molar-refractivity contribution < 1.29 is 0 Å². The summed E-state index contributed by atoms with van der Waals surface area (Å²) in [6.07, 6.45) is 11.3. The smallest absolute Gasteiger partial charge is 0.170 e. The van der Waals surface area contributed by atoms with Crippen LogP contribution < -0.4 is 10.6 Å². The molecule has 1 aromatic carbocycles. The van der Waals surface area contributed by atoms with E-state index in [1.165, 1.54) is 32.1 Å². The van der Waals surface area contributed by atoms with Crippen molar-refractivity contribution in [3.63, 3.8) is 0 Å². The number of anilines is 1. The zero-order chi connectivity index (χ0) is 18.2. The number of nitrogens with zero attached hydrogens (tertiary/aromatic N) is 2. The van der Waals surface area contributed by atoms with Crippen LogP contribution in [-0.4, -0.2) is 21.6 Å². The molecule has 0 saturated heterocycles. The second-order valence-electron chi connectivity index (χ2n) is 6.54. The van der Waals surface area contributed by atoms with Crippen LogP contribution in [0.15, 0.2) is 42.7 Å². The van der Waals surface area contributed by atoms with Gasteiger partial charge in [0.2, 0.25) is 0 Å². The minimum Gasteiger partial charge on any atom is -0.362 e. The highest BCUT2D eigenvalue weighted by molar-refractivity contribution is 7.80. The average molecular weight is 367 g/mol. The fourth-order valence-corrected chi connectivity index (χ4v) is 3.38. The molecule has 0 aliphatic carbocycles. The van der Waals surface area contributed by atoms with Crippen molar-refractivity contribution in [1.82, 2.24) is 15.3 Å². The maximum absolute atomic E-state index is 5.47. The maximum atomic E-state index is 5.47. The molecule has 2 aromatic heterocycles. The second-order valence-corrected chi connectivity index (χ2v) is 6.95. The molecule has 26 heavy (non-hydrogen) atoms. The van der Waals surface area contributed by atoms with Crippen molar-refractivity contribution >= 4 is 44.8 Å². The van der Waals surface area contributed by atoms with Crippen LogP contribution in [0.1, 0.15) is 45.4 Å². The fraction of sp³-hybridized carbons (Fsp3) is 0.381. The summed E-state index contributed by atoms with van der Waals surface area (Å²) in [5.41, 5.74) is 2.75. The van der Waals surface area contributed by atoms with Gasteiger partial charge in [-0.05, 0) is 36.8 Å². The van der Waals surface area contributed by atoms with E-state index in [-0.39, 0.29) is 0 Å². The molecule has 0 aliphatic rings. The molecule has 0 radical (unpaired) electrons. The normalized spacial score (nSPS) is 11.0. The molecular formula is C21H26N4S. The molecular weight excluding hydrogens is 340 g/mol. The Bertz CT molecular complexity index is 878. The lowest BCUT2D eigenvalue weighted by atomic mass is 10.1. The summed E-state index contributed by atoms with van der Waals surface area (Å²) in [7, 11) is 0. The van der Waals surface area contributed by atoms with Crippen LogP contribution in [0.3, 0.4) is 0 Å². The highest BCUT2D eigenvalue weighted by Gasteiger charge is 2.09. The number of hydrogen-bond acceptors (Lipinski definition) is 3. The zero-order valence-electron chi connectivity index (χ0n) is 15.3. The van der Waals surface area contributed by atoms with Gasteiger partial charge in [0.1, 0.15) is 0 Å². The molecule has 0 saturated carbocycles. The Morgan fingerprint density at radius 2 is 1.69 bits per heavy atom. The molecule has 0 unspecified atom stereocenters. The van der Waals surface area contributed by atoms with Crippen molar-refractivity contribution in [1.29, 1.82) is 0 Å². The van der Waals surface area contributed by atoms with Crippen molar-refractivity contribution in [3.05, 3.63) is 42.7 Å². The van der Waals surface area contributed by atoms with Gasteiger partial charge in [-0.25, -0.2) is 0 Å². The highest BCUT2D eigenvalue weighted by Crippen LogP contribution is 2.29. The number of unbranched alkanes of at least 4 members (excludes halogenated alkanes) is 5. The van der Waals surface area contributed by atoms with Gasteiger partial charge < -0.3 is 10.6 Å². The lowest BCUT2D eigenvalue weighted by Crippen LogP contribution is -2.29. The SMILES string of the molecule is CCCCCCCCNC(=S)Nc1cc2ncccc2c2cccnc12. The number of benzene rings is 1. The topological polar surface area (TPSA) is 49.8 Å². The first-order chi connectivity index (χ1) is 12.8. The summed E-state index contributed by atoms with van der Waals surface area (Å²) in [5, 5.41) is 9.44. The average Bonchev–Trinajstić information content (AvgIpc) is 2.67. The third-order valence-corrected chi connectivity index (χ3v) is 4.78. The van der Waals surface area contributed by atoms with E-state index >= 15 is 0 Å². The molecule has 0 bridgehead atoms. The predicted octanol–water partition coefficient (Wildman–Crippen LogP) is 5.43. The number of thiocarbonyl (C=S) groups is 1. The summed E-state index contributed by atoms with van der Waals surface area (Å²) in [6, 6.07) is 10.1. The Balaban J connectivity index is 1.63. The van der Waals surface area contributed by atoms with Gasteiger partial charge in [-0.3, -0.25) is 9.97 Å². The standard InChI is InChI=1S/C21H26N4S/c1-2-3-4-5-6-7-12-24-21(26)25-19-15-18-16(10-8-13-22-18)17-11-9-14-23-20(17)19/h8-11,13-15H,2-7,12H2,1H3,(H2,24,25,26). The fourth-order valence-electron chi connectivity index (χ4n) is 3.17. The van der Waals surface area contributed by atoms with Gasteiger partial charge in [-0.2, -0.15) is 0 Å². The Labute approximate surface area is 160 Å². The van der Waals surface area contributed by atoms with Crippen molar-refractivity contribution in [2.45, 2.75) is 45.4 Å². The van der Waals surface area contributed by atoms with Gasteiger partial charge in [0.25, 0.3) is 0 Å². The first kappa shape index (κ1) is 18.5. The zero-order valence-corrected chi connectivity index (χ0v) is 16.1. The van der Waals surface area contributed by atoms with Gasteiger partial charge >= 0.3 is 0 Å². The summed E-state index contributed by atoms with van der Waals surface area (Å²) in [6.45, 7) is 3.14. The van der Waals surface area contributed by atoms with E-state index in [0.717, 1.165) is 40.5 Å². The lowest BCUT2D eigenvalue weighted by Gasteiger charge is -2.13. The van der Waals surface area contributed by atoms with E-state index in [1.807, 2.05) is 30.6 Å². The Kier molecular flexibility index (Phi) is 6.72. The van der Waals surface area contributed by atoms with Crippen molar-refractivity contribution in [3.8, 4) is 0 Å². The van der Waals surface area contributed by atoms with Crippen LogP contribution in [0.2, 0.25) is 0 Å². The molecule has 2 N–H and O–H groups in total. The third kappa shape index (κ3) is 4.67. The number of aromatic nitrogens is 2. The molecule has 0 atom stereocenters. The Morgan fingerprint density at radius 3 is 2.54 bits per heavy atom. The van der Waals surface area contributed by atoms with Crippen LogP contribution in [0.25, 0.3) is 21.8 Å². The molecule has 3 aromatic rings. The van der Waals surface area contributed by atoms with E-state index in [4.69, 9.17) is 12.2 Å². The molecule has 5 heteroatoms. The number of hydrogen-bond donors (Lipinski definition) is 2. The van der Waals surface area contributed by atoms with Gasteiger partial charge in [0.15, 0.2) is 5.11 Å². The van der Waals surface area contributed by atoms with Crippen LogP contribution >= 0.6 is 12.2 Å². The molecule has 0 fully saturated rings. The van der Waals surface area contributed by atoms with Crippen LogP contribution in [-0.2, 0) is 0 Å². The first-order valence-corrected chi connectivity index (χ1v) is 9.87. The number of nitrogens with one attached hydrogen (secondary N) is 2. The van der Waals surface area contributed by atoms with Gasteiger partial charge in [-0.1, -0.05) is 51.2 Å². The van der Waals surface area contributed by atoms with E-state index in [1.54, 1.807) is 0 Å². The molecule has 136 valence electrons. The summed E-state index contributed by atoms with van der Waals surface area (Å²) in [4.78, 5) is 9.02. The number of pyridine rings is 2. The van der Waals surface area contributed by atoms with Gasteiger partial charge in [0.05, 0.1) is 16.7 Å². The molecule has 0 amide bonds. The summed E-state index contributed by atoms with van der Waals surface area (Å²) >= 11 is 5.47. The van der Waals surface area contributed by atoms with Crippen molar-refractivity contribution in [2.24, 2.45) is 0 Å². The predicted molar refractivity (Wildman–Crippen MR) is 115 cm³/mol. The largest absolute Gasteiger partial charge is 0.362 e. The Hall–Kier alpha value is -2.27. The molecule has 4 nitrogen and oxygen atoms in total. The minimum atomic E-state index is 0.640.